The van der Waals surface area contributed by atoms with Crippen molar-refractivity contribution in [2.45, 2.75) is 55.4 Å². The summed E-state index contributed by atoms with van der Waals surface area (Å²) in [4.78, 5) is 55.1. The van der Waals surface area contributed by atoms with Gasteiger partial charge in [-0.05, 0) is 99.9 Å². The molecule has 0 saturated heterocycles. The highest BCUT2D eigenvalue weighted by molar-refractivity contribution is 8.01. The second-order valence-electron chi connectivity index (χ2n) is 10.5. The van der Waals surface area contributed by atoms with Crippen molar-refractivity contribution in [3.05, 3.63) is 122 Å². The molecule has 0 N–H and O–H groups in total. The van der Waals surface area contributed by atoms with E-state index in [2.05, 4.69) is 13.2 Å². The zero-order valence-electron chi connectivity index (χ0n) is 24.4. The lowest BCUT2D eigenvalue weighted by molar-refractivity contribution is 0.102. The van der Waals surface area contributed by atoms with E-state index in [1.165, 1.54) is 12.1 Å². The first kappa shape index (κ1) is 30.6. The predicted octanol–water partition coefficient (Wildman–Crippen LogP) is 7.72. The Morgan fingerprint density at radius 1 is 0.575 bits per heavy atom. The first-order valence-electron chi connectivity index (χ1n) is 12.9. The monoisotopic (exact) mass is 554 g/mol. The molecule has 6 heteroatoms. The van der Waals surface area contributed by atoms with Crippen molar-refractivity contribution in [1.82, 2.24) is 0 Å². The van der Waals surface area contributed by atoms with Gasteiger partial charge in [-0.3, -0.25) is 19.2 Å². The summed E-state index contributed by atoms with van der Waals surface area (Å²) in [6, 6.07) is 11.4. The standard InChI is InChI=1S/C34H35O5P/c1-18(2)31(35)27-20(5)16-22(7)29(24(27)9)33(37)40(39,26-14-12-11-13-15-26)34(38)30-23(8)17-21(6)28(25(30)10)32(36)19(3)4/h11-17H,1,3H2,2,4-10H3. The van der Waals surface area contributed by atoms with Crippen molar-refractivity contribution >= 4 is 35.1 Å². The van der Waals surface area contributed by atoms with E-state index in [4.69, 9.17) is 0 Å². The summed E-state index contributed by atoms with van der Waals surface area (Å²) in [5.41, 5.74) is 2.75. The molecule has 0 amide bonds. The van der Waals surface area contributed by atoms with Crippen LogP contribution in [0, 0.1) is 41.5 Å². The molecule has 0 aromatic heterocycles. The maximum atomic E-state index is 15.1. The lowest BCUT2D eigenvalue weighted by Crippen LogP contribution is -2.24. The Labute approximate surface area is 236 Å². The van der Waals surface area contributed by atoms with Crippen molar-refractivity contribution < 1.29 is 23.7 Å². The first-order valence-corrected chi connectivity index (χ1v) is 14.6. The molecule has 0 bridgehead atoms. The van der Waals surface area contributed by atoms with Crippen LogP contribution in [0.5, 0.6) is 0 Å². The third-order valence-electron chi connectivity index (χ3n) is 7.29. The minimum absolute atomic E-state index is 0.0800. The van der Waals surface area contributed by atoms with Gasteiger partial charge in [0.1, 0.15) is 0 Å². The van der Waals surface area contributed by atoms with Gasteiger partial charge < -0.3 is 4.57 Å². The van der Waals surface area contributed by atoms with Gasteiger partial charge >= 0.3 is 0 Å². The fourth-order valence-electron chi connectivity index (χ4n) is 5.43. The lowest BCUT2D eigenvalue weighted by Gasteiger charge is -2.23. The predicted molar refractivity (Wildman–Crippen MR) is 162 cm³/mol. The van der Waals surface area contributed by atoms with E-state index in [0.717, 1.165) is 0 Å². The van der Waals surface area contributed by atoms with Crippen LogP contribution in [0.4, 0.5) is 0 Å². The van der Waals surface area contributed by atoms with Crippen LogP contribution >= 0.6 is 7.14 Å². The number of carbonyl (C=O) groups is 4. The summed E-state index contributed by atoms with van der Waals surface area (Å²) >= 11 is 0. The third kappa shape index (κ3) is 5.02. The molecule has 3 rings (SSSR count). The smallest absolute Gasteiger partial charge is 0.248 e. The van der Waals surface area contributed by atoms with E-state index in [1.54, 1.807) is 85.7 Å². The van der Waals surface area contributed by atoms with Crippen LogP contribution in [-0.4, -0.2) is 22.6 Å². The molecule has 3 aromatic rings. The van der Waals surface area contributed by atoms with Crippen LogP contribution in [0.3, 0.4) is 0 Å². The fraction of sp³-hybridized carbons (Fsp3) is 0.235. The molecule has 0 aliphatic heterocycles. The number of ketones is 2. The summed E-state index contributed by atoms with van der Waals surface area (Å²) in [7, 11) is -4.53. The van der Waals surface area contributed by atoms with Crippen molar-refractivity contribution in [3.63, 3.8) is 0 Å². The van der Waals surface area contributed by atoms with Crippen molar-refractivity contribution in [1.29, 1.82) is 0 Å². The van der Waals surface area contributed by atoms with E-state index in [1.807, 2.05) is 0 Å². The second-order valence-corrected chi connectivity index (χ2v) is 13.1. The molecule has 3 aromatic carbocycles. The maximum Gasteiger partial charge on any atom is 0.248 e. The fourth-order valence-corrected chi connectivity index (χ4v) is 8.00. The first-order chi connectivity index (χ1) is 18.6. The summed E-state index contributed by atoms with van der Waals surface area (Å²) in [5.74, 6) is -0.642. The number of hydrogen-bond donors (Lipinski definition) is 0. The number of allylic oxidation sites excluding steroid dienone is 2. The minimum atomic E-state index is -4.53. The van der Waals surface area contributed by atoms with E-state index < -0.39 is 18.2 Å². The van der Waals surface area contributed by atoms with Gasteiger partial charge in [0.25, 0.3) is 0 Å². The average molecular weight is 555 g/mol. The Balaban J connectivity index is 2.42. The topological polar surface area (TPSA) is 85.3 Å². The Morgan fingerprint density at radius 2 is 0.900 bits per heavy atom. The van der Waals surface area contributed by atoms with Crippen LogP contribution in [0.2, 0.25) is 0 Å². The molecule has 0 heterocycles. The highest BCUT2D eigenvalue weighted by Crippen LogP contribution is 2.53. The van der Waals surface area contributed by atoms with Crippen molar-refractivity contribution in [2.24, 2.45) is 0 Å². The molecule has 0 aliphatic carbocycles. The molecule has 0 spiro atoms. The van der Waals surface area contributed by atoms with Gasteiger partial charge in [0.2, 0.25) is 18.2 Å². The highest BCUT2D eigenvalue weighted by atomic mass is 31.2. The zero-order chi connectivity index (χ0) is 30.3. The Morgan fingerprint density at radius 3 is 1.23 bits per heavy atom. The normalized spacial score (nSPS) is 11.2. The Bertz CT molecular complexity index is 1590. The maximum absolute atomic E-state index is 15.1. The van der Waals surface area contributed by atoms with Gasteiger partial charge in [-0.2, -0.15) is 0 Å². The molecule has 0 atom stereocenters. The zero-order valence-corrected chi connectivity index (χ0v) is 25.3. The summed E-state index contributed by atoms with van der Waals surface area (Å²) < 4.78 is 15.1. The summed E-state index contributed by atoms with van der Waals surface area (Å²) in [6.45, 7) is 20.9. The molecule has 0 unspecified atom stereocenters. The van der Waals surface area contributed by atoms with Crippen LogP contribution in [0.25, 0.3) is 0 Å². The highest BCUT2D eigenvalue weighted by Gasteiger charge is 2.45. The quantitative estimate of drug-likeness (QED) is 0.154. The van der Waals surface area contributed by atoms with Crippen LogP contribution in [0.15, 0.2) is 66.8 Å². The van der Waals surface area contributed by atoms with Gasteiger partial charge in [0.05, 0.1) is 0 Å². The number of aryl methyl sites for hydroxylation is 4. The Hall–Kier alpha value is -3.95. The van der Waals surface area contributed by atoms with E-state index in [9.17, 15) is 19.2 Å². The molecule has 206 valence electrons. The summed E-state index contributed by atoms with van der Waals surface area (Å²) in [5, 5.41) is 0.0873. The van der Waals surface area contributed by atoms with Crippen LogP contribution in [-0.2, 0) is 4.57 Å². The van der Waals surface area contributed by atoms with E-state index in [0.29, 0.717) is 55.7 Å². The third-order valence-corrected chi connectivity index (χ3v) is 9.91. The molecular weight excluding hydrogens is 519 g/mol. The average Bonchev–Trinajstić information content (AvgIpc) is 2.87. The van der Waals surface area contributed by atoms with Crippen LogP contribution in [0.1, 0.15) is 88.7 Å². The van der Waals surface area contributed by atoms with Gasteiger partial charge in [-0.25, -0.2) is 0 Å². The summed E-state index contributed by atoms with van der Waals surface area (Å²) in [6.07, 6.45) is 0. The van der Waals surface area contributed by atoms with Crippen molar-refractivity contribution in [3.8, 4) is 0 Å². The second kappa shape index (κ2) is 11.3. The molecule has 0 radical (unpaired) electrons. The van der Waals surface area contributed by atoms with E-state index >= 15 is 4.57 Å². The minimum Gasteiger partial charge on any atom is -0.302 e. The molecular formula is C34H35O5P. The van der Waals surface area contributed by atoms with Gasteiger partial charge in [-0.15, -0.1) is 0 Å². The van der Waals surface area contributed by atoms with Gasteiger partial charge in [0.15, 0.2) is 11.6 Å². The number of carbonyl (C=O) groups excluding carboxylic acids is 4. The molecule has 0 saturated carbocycles. The molecule has 0 fully saturated rings. The number of hydrogen-bond acceptors (Lipinski definition) is 5. The molecule has 40 heavy (non-hydrogen) atoms. The van der Waals surface area contributed by atoms with E-state index in [-0.39, 0.29) is 28.0 Å². The van der Waals surface area contributed by atoms with Crippen LogP contribution < -0.4 is 5.30 Å². The van der Waals surface area contributed by atoms with Gasteiger partial charge in [0, 0.05) is 27.6 Å². The number of rotatable bonds is 9. The number of Topliss-reactive ketones (excluding diaryl/α,β-unsaturated/α-hetero) is 2. The van der Waals surface area contributed by atoms with Gasteiger partial charge in [-0.1, -0.05) is 55.6 Å². The Kier molecular flexibility index (Phi) is 8.62. The molecule has 0 aliphatic rings. The number of benzene rings is 3. The molecule has 5 nitrogen and oxygen atoms in total. The van der Waals surface area contributed by atoms with Crippen molar-refractivity contribution in [2.75, 3.05) is 0 Å². The SMILES string of the molecule is C=C(C)C(=O)c1c(C)cc(C)c(C(=O)P(=O)(C(=O)c2c(C)cc(C)c(C(=O)C(=C)C)c2C)c2ccccc2)c1C. The lowest BCUT2D eigenvalue weighted by atomic mass is 9.90. The largest absolute Gasteiger partial charge is 0.302 e.